The molecule has 5 nitrogen and oxygen atoms in total. The summed E-state index contributed by atoms with van der Waals surface area (Å²) >= 11 is 0. The largest absolute Gasteiger partial charge is 0.478 e. The molecule has 0 saturated carbocycles. The first-order chi connectivity index (χ1) is 9.64. The maximum absolute atomic E-state index is 12.3. The second kappa shape index (κ2) is 6.56. The van der Waals surface area contributed by atoms with E-state index >= 15 is 0 Å². The summed E-state index contributed by atoms with van der Waals surface area (Å²) in [5.74, 6) is -0.977. The van der Waals surface area contributed by atoms with Crippen LogP contribution in [0, 0.1) is 5.41 Å². The zero-order valence-electron chi connectivity index (χ0n) is 12.9. The van der Waals surface area contributed by atoms with E-state index in [4.69, 9.17) is 9.05 Å². The van der Waals surface area contributed by atoms with Gasteiger partial charge in [0.15, 0.2) is 0 Å². The molecule has 0 saturated heterocycles. The van der Waals surface area contributed by atoms with Gasteiger partial charge in [0.25, 0.3) is 0 Å². The molecule has 0 radical (unpaired) electrons. The first kappa shape index (κ1) is 17.6. The van der Waals surface area contributed by atoms with E-state index in [9.17, 15) is 14.5 Å². The molecule has 0 fully saturated rings. The molecule has 0 unspecified atom stereocenters. The summed E-state index contributed by atoms with van der Waals surface area (Å²) in [5, 5.41) is 9.71. The average molecular weight is 312 g/mol. The lowest BCUT2D eigenvalue weighted by Gasteiger charge is -2.19. The minimum Gasteiger partial charge on any atom is -0.478 e. The molecular formula is C15H21O5P. The van der Waals surface area contributed by atoms with Gasteiger partial charge in [-0.1, -0.05) is 32.9 Å². The van der Waals surface area contributed by atoms with Crippen LogP contribution < -0.4 is 5.30 Å². The molecule has 0 aromatic heterocycles. The summed E-state index contributed by atoms with van der Waals surface area (Å²) in [5.41, 5.74) is 0.395. The third-order valence-corrected chi connectivity index (χ3v) is 4.89. The van der Waals surface area contributed by atoms with E-state index < -0.39 is 19.0 Å². The quantitative estimate of drug-likeness (QED) is 0.667. The van der Waals surface area contributed by atoms with Crippen LogP contribution in [-0.2, 0) is 18.4 Å². The molecule has 0 aliphatic rings. The Morgan fingerprint density at radius 1 is 1.24 bits per heavy atom. The number of carboxylic acids is 1. The number of hydrogen-bond acceptors (Lipinski definition) is 4. The van der Waals surface area contributed by atoms with E-state index in [2.05, 4.69) is 0 Å². The Morgan fingerprint density at radius 2 is 1.81 bits per heavy atom. The number of hydrogen-bond donors (Lipinski definition) is 1. The van der Waals surface area contributed by atoms with Gasteiger partial charge in [-0.15, -0.1) is 0 Å². The Hall–Kier alpha value is -1.42. The predicted molar refractivity (Wildman–Crippen MR) is 82.8 cm³/mol. The normalized spacial score (nSPS) is 13.3. The monoisotopic (exact) mass is 312 g/mol. The van der Waals surface area contributed by atoms with Crippen LogP contribution in [0.15, 0.2) is 29.8 Å². The first-order valence-electron chi connectivity index (χ1n) is 6.41. The Bertz CT molecular complexity index is 590. The van der Waals surface area contributed by atoms with Gasteiger partial charge >= 0.3 is 13.6 Å². The van der Waals surface area contributed by atoms with E-state index in [1.807, 2.05) is 20.8 Å². The van der Waals surface area contributed by atoms with Crippen molar-refractivity contribution >= 4 is 24.9 Å². The lowest BCUT2D eigenvalue weighted by molar-refractivity contribution is -0.133. The second-order valence-electron chi connectivity index (χ2n) is 5.57. The van der Waals surface area contributed by atoms with Crippen molar-refractivity contribution in [2.45, 2.75) is 20.8 Å². The fourth-order valence-corrected chi connectivity index (χ4v) is 2.98. The summed E-state index contributed by atoms with van der Waals surface area (Å²) in [4.78, 5) is 11.4. The molecule has 6 heteroatoms. The van der Waals surface area contributed by atoms with E-state index in [0.29, 0.717) is 10.9 Å². The number of rotatable bonds is 5. The molecular weight excluding hydrogens is 291 g/mol. The minimum absolute atomic E-state index is 0.268. The van der Waals surface area contributed by atoms with Crippen molar-refractivity contribution in [1.29, 1.82) is 0 Å². The molecule has 1 N–H and O–H groups in total. The highest BCUT2D eigenvalue weighted by atomic mass is 31.2. The fourth-order valence-electron chi connectivity index (χ4n) is 1.84. The Morgan fingerprint density at radius 3 is 2.24 bits per heavy atom. The molecule has 0 atom stereocenters. The van der Waals surface area contributed by atoms with Gasteiger partial charge in [0, 0.05) is 19.8 Å². The van der Waals surface area contributed by atoms with Crippen molar-refractivity contribution in [3.05, 3.63) is 35.4 Å². The summed E-state index contributed by atoms with van der Waals surface area (Å²) in [7, 11) is -0.725. The van der Waals surface area contributed by atoms with E-state index in [0.717, 1.165) is 0 Å². The molecule has 0 heterocycles. The van der Waals surface area contributed by atoms with Gasteiger partial charge in [-0.25, -0.2) is 4.79 Å². The molecule has 0 aliphatic heterocycles. The maximum atomic E-state index is 12.3. The van der Waals surface area contributed by atoms with Crippen molar-refractivity contribution < 1.29 is 23.5 Å². The standard InChI is InChI=1S/C15H21O5P/c1-15(2,3)13(14(16)17)10-11-7-6-8-12(9-11)21(18,19-4)20-5/h6-10H,1-5H3,(H,16,17)/b13-10-. The second-order valence-corrected chi connectivity index (χ2v) is 7.81. The van der Waals surface area contributed by atoms with Crippen LogP contribution in [0.4, 0.5) is 0 Å². The molecule has 0 bridgehead atoms. The number of carbonyl (C=O) groups is 1. The Kier molecular flexibility index (Phi) is 5.51. The third-order valence-electron chi connectivity index (χ3n) is 3.02. The van der Waals surface area contributed by atoms with Crippen molar-refractivity contribution in [3.8, 4) is 0 Å². The van der Waals surface area contributed by atoms with Gasteiger partial charge < -0.3 is 14.2 Å². The Balaban J connectivity index is 3.34. The molecule has 0 amide bonds. The van der Waals surface area contributed by atoms with Gasteiger partial charge in [0.05, 0.1) is 5.30 Å². The zero-order chi connectivity index (χ0) is 16.3. The lowest BCUT2D eigenvalue weighted by Crippen LogP contribution is -2.17. The summed E-state index contributed by atoms with van der Waals surface area (Å²) in [6.07, 6.45) is 1.57. The average Bonchev–Trinajstić information content (AvgIpc) is 2.42. The zero-order valence-corrected chi connectivity index (χ0v) is 13.8. The van der Waals surface area contributed by atoms with Crippen LogP contribution >= 0.6 is 7.60 Å². The van der Waals surface area contributed by atoms with Crippen molar-refractivity contribution in [2.24, 2.45) is 5.41 Å². The van der Waals surface area contributed by atoms with Crippen LogP contribution in [0.2, 0.25) is 0 Å². The third kappa shape index (κ3) is 4.27. The van der Waals surface area contributed by atoms with E-state index in [-0.39, 0.29) is 5.57 Å². The van der Waals surface area contributed by atoms with Gasteiger partial charge in [0.2, 0.25) is 0 Å². The Labute approximate surface area is 125 Å². The van der Waals surface area contributed by atoms with Gasteiger partial charge in [-0.2, -0.15) is 0 Å². The predicted octanol–water partition coefficient (Wildman–Crippen LogP) is 3.31. The summed E-state index contributed by atoms with van der Waals surface area (Å²) < 4.78 is 22.2. The molecule has 21 heavy (non-hydrogen) atoms. The molecule has 1 aromatic carbocycles. The molecule has 116 valence electrons. The fraction of sp³-hybridized carbons (Fsp3) is 0.400. The smallest absolute Gasteiger partial charge is 0.360 e. The van der Waals surface area contributed by atoms with Crippen LogP contribution in [0.1, 0.15) is 26.3 Å². The van der Waals surface area contributed by atoms with Crippen LogP contribution in [-0.4, -0.2) is 25.3 Å². The molecule has 0 aliphatic carbocycles. The van der Waals surface area contributed by atoms with Crippen molar-refractivity contribution in [3.63, 3.8) is 0 Å². The van der Waals surface area contributed by atoms with Crippen LogP contribution in [0.25, 0.3) is 6.08 Å². The molecule has 1 rings (SSSR count). The highest BCUT2D eigenvalue weighted by Crippen LogP contribution is 2.45. The summed E-state index contributed by atoms with van der Waals surface area (Å²) in [6.45, 7) is 5.48. The number of benzene rings is 1. The van der Waals surface area contributed by atoms with Crippen LogP contribution in [0.5, 0.6) is 0 Å². The van der Waals surface area contributed by atoms with E-state index in [1.54, 1.807) is 30.3 Å². The lowest BCUT2D eigenvalue weighted by atomic mass is 9.85. The van der Waals surface area contributed by atoms with Crippen molar-refractivity contribution in [1.82, 2.24) is 0 Å². The molecule has 0 spiro atoms. The summed E-state index contributed by atoms with van der Waals surface area (Å²) in [6, 6.07) is 6.67. The number of carboxylic acid groups (broad SMARTS) is 1. The van der Waals surface area contributed by atoms with Gasteiger partial charge in [-0.3, -0.25) is 4.57 Å². The maximum Gasteiger partial charge on any atom is 0.360 e. The minimum atomic E-state index is -3.34. The molecule has 1 aromatic rings. The van der Waals surface area contributed by atoms with Gasteiger partial charge in [0.1, 0.15) is 0 Å². The highest BCUT2D eigenvalue weighted by molar-refractivity contribution is 7.62. The highest BCUT2D eigenvalue weighted by Gasteiger charge is 2.26. The van der Waals surface area contributed by atoms with Crippen molar-refractivity contribution in [2.75, 3.05) is 14.2 Å². The number of aliphatic carboxylic acids is 1. The van der Waals surface area contributed by atoms with E-state index in [1.165, 1.54) is 14.2 Å². The SMILES string of the molecule is COP(=O)(OC)c1cccc(/C=C(/C(=O)O)C(C)(C)C)c1. The topological polar surface area (TPSA) is 72.8 Å². The van der Waals surface area contributed by atoms with Crippen LogP contribution in [0.3, 0.4) is 0 Å². The first-order valence-corrected chi connectivity index (χ1v) is 7.96. The van der Waals surface area contributed by atoms with Gasteiger partial charge in [-0.05, 0) is 29.2 Å².